The second-order valence-electron chi connectivity index (χ2n) is 4.70. The van der Waals surface area contributed by atoms with Crippen molar-refractivity contribution in [2.24, 2.45) is 11.1 Å². The van der Waals surface area contributed by atoms with Crippen LogP contribution in [0.1, 0.15) is 6.42 Å². The van der Waals surface area contributed by atoms with Gasteiger partial charge in [-0.25, -0.2) is 17.9 Å². The number of nitrogens with zero attached hydrogens (tertiary/aromatic N) is 1. The van der Waals surface area contributed by atoms with E-state index in [1.165, 1.54) is 24.1 Å². The van der Waals surface area contributed by atoms with Crippen molar-refractivity contribution in [3.05, 3.63) is 24.0 Å². The Balaban J connectivity index is 2.27. The fourth-order valence-electron chi connectivity index (χ4n) is 2.37. The van der Waals surface area contributed by atoms with Gasteiger partial charge in [-0.1, -0.05) is 6.07 Å². The predicted molar refractivity (Wildman–Crippen MR) is 71.4 cm³/mol. The molecule has 1 aromatic rings. The van der Waals surface area contributed by atoms with Gasteiger partial charge in [0, 0.05) is 18.9 Å². The molecule has 0 bridgehead atoms. The molecule has 1 heterocycles. The third-order valence-corrected chi connectivity index (χ3v) is 4.05. The van der Waals surface area contributed by atoms with Gasteiger partial charge in [0.25, 0.3) is 0 Å². The van der Waals surface area contributed by atoms with Gasteiger partial charge in [0.05, 0.1) is 18.6 Å². The lowest BCUT2D eigenvalue weighted by Crippen LogP contribution is -2.27. The molecule has 2 rings (SSSR count). The Bertz CT molecular complexity index is 632. The Kier molecular flexibility index (Phi) is 3.96. The van der Waals surface area contributed by atoms with Crippen molar-refractivity contribution in [3.63, 3.8) is 0 Å². The SMILES string of the molecule is COc1c(F)cccc1N1CC(CS(N)(=O)=O)CC1=O. The van der Waals surface area contributed by atoms with Gasteiger partial charge in [-0.05, 0) is 12.1 Å². The van der Waals surface area contributed by atoms with Crippen molar-refractivity contribution in [1.82, 2.24) is 0 Å². The number of carbonyl (C=O) groups is 1. The number of amides is 1. The van der Waals surface area contributed by atoms with Crippen molar-refractivity contribution in [3.8, 4) is 5.75 Å². The van der Waals surface area contributed by atoms with Crippen LogP contribution in [0, 0.1) is 11.7 Å². The van der Waals surface area contributed by atoms with Crippen LogP contribution in [0.15, 0.2) is 18.2 Å². The lowest BCUT2D eigenvalue weighted by Gasteiger charge is -2.19. The molecule has 20 heavy (non-hydrogen) atoms. The molecule has 1 atom stereocenters. The van der Waals surface area contributed by atoms with Crippen molar-refractivity contribution in [1.29, 1.82) is 0 Å². The molecule has 1 fully saturated rings. The third-order valence-electron chi connectivity index (χ3n) is 3.11. The predicted octanol–water partition coefficient (Wildman–Crippen LogP) is 0.476. The monoisotopic (exact) mass is 302 g/mol. The quantitative estimate of drug-likeness (QED) is 0.875. The van der Waals surface area contributed by atoms with Crippen LogP contribution in [0.3, 0.4) is 0 Å². The summed E-state index contributed by atoms with van der Waals surface area (Å²) in [6.07, 6.45) is 0.0656. The number of anilines is 1. The van der Waals surface area contributed by atoms with Gasteiger partial charge in [-0.15, -0.1) is 0 Å². The Hall–Kier alpha value is -1.67. The molecule has 1 saturated heterocycles. The molecule has 1 amide bonds. The first kappa shape index (κ1) is 14.7. The summed E-state index contributed by atoms with van der Waals surface area (Å²) in [5.41, 5.74) is 0.300. The van der Waals surface area contributed by atoms with Crippen molar-refractivity contribution < 1.29 is 22.3 Å². The normalized spacial score (nSPS) is 19.4. The summed E-state index contributed by atoms with van der Waals surface area (Å²) >= 11 is 0. The zero-order valence-electron chi connectivity index (χ0n) is 10.9. The summed E-state index contributed by atoms with van der Waals surface area (Å²) < 4.78 is 40.7. The number of ether oxygens (including phenoxy) is 1. The average molecular weight is 302 g/mol. The number of para-hydroxylation sites is 1. The fraction of sp³-hybridized carbons (Fsp3) is 0.417. The first-order valence-electron chi connectivity index (χ1n) is 5.95. The molecular weight excluding hydrogens is 287 g/mol. The van der Waals surface area contributed by atoms with E-state index >= 15 is 0 Å². The van der Waals surface area contributed by atoms with E-state index in [0.717, 1.165) is 0 Å². The Morgan fingerprint density at radius 3 is 2.80 bits per heavy atom. The molecule has 1 unspecified atom stereocenters. The zero-order valence-corrected chi connectivity index (χ0v) is 11.7. The summed E-state index contributed by atoms with van der Waals surface area (Å²) in [5, 5.41) is 4.98. The summed E-state index contributed by atoms with van der Waals surface area (Å²) in [6.45, 7) is 0.176. The molecule has 0 aromatic heterocycles. The maximum Gasteiger partial charge on any atom is 0.227 e. The molecule has 0 radical (unpaired) electrons. The maximum atomic E-state index is 13.6. The number of primary sulfonamides is 1. The van der Waals surface area contributed by atoms with E-state index in [0.29, 0.717) is 5.69 Å². The smallest absolute Gasteiger partial charge is 0.227 e. The fourth-order valence-corrected chi connectivity index (χ4v) is 3.25. The first-order valence-corrected chi connectivity index (χ1v) is 7.66. The minimum absolute atomic E-state index is 0.0305. The van der Waals surface area contributed by atoms with Crippen LogP contribution in [0.2, 0.25) is 0 Å². The number of carbonyl (C=O) groups excluding carboxylic acids is 1. The summed E-state index contributed by atoms with van der Waals surface area (Å²) in [6, 6.07) is 4.25. The highest BCUT2D eigenvalue weighted by Crippen LogP contribution is 2.34. The second kappa shape index (κ2) is 5.37. The van der Waals surface area contributed by atoms with E-state index in [1.807, 2.05) is 0 Å². The molecule has 0 saturated carbocycles. The molecule has 0 aliphatic carbocycles. The second-order valence-corrected chi connectivity index (χ2v) is 6.36. The minimum atomic E-state index is -3.64. The largest absolute Gasteiger partial charge is 0.492 e. The van der Waals surface area contributed by atoms with Crippen LogP contribution in [0.25, 0.3) is 0 Å². The van der Waals surface area contributed by atoms with Gasteiger partial charge < -0.3 is 9.64 Å². The molecule has 1 aliphatic heterocycles. The Morgan fingerprint density at radius 1 is 1.50 bits per heavy atom. The lowest BCUT2D eigenvalue weighted by atomic mass is 10.1. The molecule has 8 heteroatoms. The van der Waals surface area contributed by atoms with E-state index in [9.17, 15) is 17.6 Å². The number of hydrogen-bond acceptors (Lipinski definition) is 4. The highest BCUT2D eigenvalue weighted by Gasteiger charge is 2.34. The van der Waals surface area contributed by atoms with E-state index in [2.05, 4.69) is 0 Å². The van der Waals surface area contributed by atoms with E-state index < -0.39 is 21.8 Å². The van der Waals surface area contributed by atoms with Crippen LogP contribution < -0.4 is 14.8 Å². The highest BCUT2D eigenvalue weighted by atomic mass is 32.2. The van der Waals surface area contributed by atoms with Crippen LogP contribution in [0.5, 0.6) is 5.75 Å². The molecule has 0 spiro atoms. The number of benzene rings is 1. The van der Waals surface area contributed by atoms with Crippen LogP contribution in [0.4, 0.5) is 10.1 Å². The Labute approximate surface area is 116 Å². The number of sulfonamides is 1. The number of hydrogen-bond donors (Lipinski definition) is 1. The topological polar surface area (TPSA) is 89.7 Å². The number of halogens is 1. The molecule has 1 aromatic carbocycles. The van der Waals surface area contributed by atoms with Gasteiger partial charge in [-0.2, -0.15) is 0 Å². The minimum Gasteiger partial charge on any atom is -0.492 e. The van der Waals surface area contributed by atoms with Crippen molar-refractivity contribution >= 4 is 21.6 Å². The summed E-state index contributed by atoms with van der Waals surface area (Å²) in [4.78, 5) is 13.3. The maximum absolute atomic E-state index is 13.6. The van der Waals surface area contributed by atoms with E-state index in [-0.39, 0.29) is 30.4 Å². The van der Waals surface area contributed by atoms with E-state index in [1.54, 1.807) is 6.07 Å². The molecule has 6 nitrogen and oxygen atoms in total. The molecule has 110 valence electrons. The summed E-state index contributed by atoms with van der Waals surface area (Å²) in [7, 11) is -2.33. The average Bonchev–Trinajstić information content (AvgIpc) is 2.67. The number of methoxy groups -OCH3 is 1. The number of rotatable bonds is 4. The lowest BCUT2D eigenvalue weighted by molar-refractivity contribution is -0.117. The van der Waals surface area contributed by atoms with Gasteiger partial charge in [-0.3, -0.25) is 4.79 Å². The molecule has 1 aliphatic rings. The first-order chi connectivity index (χ1) is 9.31. The zero-order chi connectivity index (χ0) is 14.9. The van der Waals surface area contributed by atoms with Crippen LogP contribution in [-0.4, -0.2) is 33.7 Å². The van der Waals surface area contributed by atoms with Crippen LogP contribution in [-0.2, 0) is 14.8 Å². The molecule has 2 N–H and O–H groups in total. The van der Waals surface area contributed by atoms with Gasteiger partial charge in [0.15, 0.2) is 11.6 Å². The van der Waals surface area contributed by atoms with Gasteiger partial charge >= 0.3 is 0 Å². The summed E-state index contributed by atoms with van der Waals surface area (Å²) in [5.74, 6) is -1.55. The third kappa shape index (κ3) is 3.07. The molecular formula is C12H15FN2O4S. The van der Waals surface area contributed by atoms with E-state index in [4.69, 9.17) is 9.88 Å². The van der Waals surface area contributed by atoms with Crippen molar-refractivity contribution in [2.75, 3.05) is 24.3 Å². The van der Waals surface area contributed by atoms with Crippen molar-refractivity contribution in [2.45, 2.75) is 6.42 Å². The van der Waals surface area contributed by atoms with Gasteiger partial charge in [0.1, 0.15) is 0 Å². The Morgan fingerprint density at radius 2 is 2.20 bits per heavy atom. The van der Waals surface area contributed by atoms with Gasteiger partial charge in [0.2, 0.25) is 15.9 Å². The van der Waals surface area contributed by atoms with Crippen LogP contribution >= 0.6 is 0 Å². The standard InChI is InChI=1S/C12H15FN2O4S/c1-19-12-9(13)3-2-4-10(12)15-6-8(5-11(15)16)7-20(14,17)18/h2-4,8H,5-7H2,1H3,(H2,14,17,18). The highest BCUT2D eigenvalue weighted by molar-refractivity contribution is 7.89. The number of nitrogens with two attached hydrogens (primary N) is 1.